The second kappa shape index (κ2) is 7.84. The van der Waals surface area contributed by atoms with Gasteiger partial charge in [0.1, 0.15) is 5.75 Å². The highest BCUT2D eigenvalue weighted by molar-refractivity contribution is 9.10. The molecule has 2 aromatic rings. The van der Waals surface area contributed by atoms with Gasteiger partial charge in [-0.2, -0.15) is 0 Å². The Labute approximate surface area is 176 Å². The van der Waals surface area contributed by atoms with Crippen molar-refractivity contribution in [1.82, 2.24) is 4.72 Å². The Bertz CT molecular complexity index is 983. The van der Waals surface area contributed by atoms with Crippen LogP contribution in [0.25, 0.3) is 10.8 Å². The number of nitrogens with zero attached hydrogens (tertiary/aromatic N) is 1. The third-order valence-corrected chi connectivity index (χ3v) is 6.67. The molecule has 1 fully saturated rings. The molecule has 1 N–H and O–H groups in total. The van der Waals surface area contributed by atoms with Crippen LogP contribution < -0.4 is 14.4 Å². The molecule has 0 spiro atoms. The first-order chi connectivity index (χ1) is 13.0. The van der Waals surface area contributed by atoms with Crippen molar-refractivity contribution in [3.05, 3.63) is 34.3 Å². The molecule has 28 heavy (non-hydrogen) atoms. The minimum Gasteiger partial charge on any atom is -0.496 e. The molecule has 0 aromatic heterocycles. The number of fused-ring (bicyclic) bond motifs is 1. The number of methoxy groups -OCH3 is 1. The molecule has 3 rings (SSSR count). The number of rotatable bonds is 5. The maximum Gasteiger partial charge on any atom is 0.208 e. The van der Waals surface area contributed by atoms with Gasteiger partial charge >= 0.3 is 0 Å². The van der Waals surface area contributed by atoms with Gasteiger partial charge in [-0.15, -0.1) is 0 Å². The summed E-state index contributed by atoms with van der Waals surface area (Å²) in [6.45, 7) is 8.82. The lowest BCUT2D eigenvalue weighted by Crippen LogP contribution is -2.30. The summed E-state index contributed by atoms with van der Waals surface area (Å²) in [5.74, 6) is 1.24. The van der Waals surface area contributed by atoms with E-state index in [2.05, 4.69) is 70.6 Å². The van der Waals surface area contributed by atoms with Gasteiger partial charge < -0.3 is 9.64 Å². The normalized spacial score (nSPS) is 18.1. The van der Waals surface area contributed by atoms with Crippen LogP contribution in [0.4, 0.5) is 5.69 Å². The maximum absolute atomic E-state index is 11.4. The first kappa shape index (κ1) is 21.4. The van der Waals surface area contributed by atoms with Crippen LogP contribution in [0.5, 0.6) is 5.75 Å². The van der Waals surface area contributed by atoms with E-state index < -0.39 is 10.0 Å². The Morgan fingerprint density at radius 3 is 2.57 bits per heavy atom. The van der Waals surface area contributed by atoms with E-state index in [9.17, 15) is 8.42 Å². The molecule has 1 atom stereocenters. The van der Waals surface area contributed by atoms with Crippen LogP contribution in [0.15, 0.2) is 28.7 Å². The molecule has 1 saturated heterocycles. The fraction of sp³-hybridized carbons (Fsp3) is 0.524. The van der Waals surface area contributed by atoms with E-state index in [0.717, 1.165) is 46.2 Å². The molecule has 0 aliphatic carbocycles. The molecule has 154 valence electrons. The predicted molar refractivity (Wildman–Crippen MR) is 120 cm³/mol. The number of ether oxygens (including phenoxy) is 1. The number of nitrogens with one attached hydrogen (secondary N) is 1. The number of anilines is 1. The summed E-state index contributed by atoms with van der Waals surface area (Å²) in [4.78, 5) is 2.32. The molecule has 1 aliphatic heterocycles. The smallest absolute Gasteiger partial charge is 0.208 e. The summed E-state index contributed by atoms with van der Waals surface area (Å²) in [6.07, 6.45) is 2.18. The second-order valence-corrected chi connectivity index (χ2v) is 11.3. The summed E-state index contributed by atoms with van der Waals surface area (Å²) >= 11 is 3.73. The Kier molecular flexibility index (Phi) is 5.99. The van der Waals surface area contributed by atoms with Crippen molar-refractivity contribution < 1.29 is 13.2 Å². The maximum atomic E-state index is 11.4. The van der Waals surface area contributed by atoms with Crippen molar-refractivity contribution in [2.24, 2.45) is 5.92 Å². The molecule has 5 nitrogen and oxygen atoms in total. The van der Waals surface area contributed by atoms with Crippen LogP contribution in [0.1, 0.15) is 32.8 Å². The zero-order valence-electron chi connectivity index (χ0n) is 17.2. The third kappa shape index (κ3) is 4.63. The molecular weight excluding hydrogens is 440 g/mol. The topological polar surface area (TPSA) is 58.6 Å². The second-order valence-electron chi connectivity index (χ2n) is 8.64. The lowest BCUT2D eigenvalue weighted by Gasteiger charge is -2.25. The quantitative estimate of drug-likeness (QED) is 0.710. The van der Waals surface area contributed by atoms with Gasteiger partial charge in [-0.1, -0.05) is 42.8 Å². The summed E-state index contributed by atoms with van der Waals surface area (Å²) in [5.41, 5.74) is 2.28. The zero-order valence-corrected chi connectivity index (χ0v) is 19.6. The summed E-state index contributed by atoms with van der Waals surface area (Å²) in [7, 11) is -1.42. The van der Waals surface area contributed by atoms with Crippen LogP contribution in [0, 0.1) is 5.92 Å². The Balaban J connectivity index is 1.94. The summed E-state index contributed by atoms with van der Waals surface area (Å²) in [5, 5.41) is 2.22. The number of hydrogen-bond acceptors (Lipinski definition) is 4. The first-order valence-electron chi connectivity index (χ1n) is 9.50. The molecule has 0 saturated carbocycles. The zero-order chi connectivity index (χ0) is 20.7. The molecule has 2 aromatic carbocycles. The van der Waals surface area contributed by atoms with Gasteiger partial charge in [-0.3, -0.25) is 0 Å². The van der Waals surface area contributed by atoms with Gasteiger partial charge in [0.25, 0.3) is 0 Å². The lowest BCUT2D eigenvalue weighted by molar-refractivity contribution is 0.402. The van der Waals surface area contributed by atoms with Gasteiger partial charge in [-0.05, 0) is 41.3 Å². The van der Waals surface area contributed by atoms with Gasteiger partial charge in [0.05, 0.1) is 13.4 Å². The van der Waals surface area contributed by atoms with Gasteiger partial charge in [0.15, 0.2) is 0 Å². The lowest BCUT2D eigenvalue weighted by atomic mass is 9.85. The number of benzene rings is 2. The SMILES string of the molecule is COc1c(C(C)(C)C)cc(Br)c2ccc(N3CC[C@H](CNS(C)(=O)=O)C3)cc12. The van der Waals surface area contributed by atoms with Gasteiger partial charge in [0.2, 0.25) is 10.0 Å². The average molecular weight is 469 g/mol. The molecule has 1 aliphatic rings. The van der Waals surface area contributed by atoms with Gasteiger partial charge in [0, 0.05) is 40.7 Å². The molecule has 7 heteroatoms. The number of halogens is 1. The molecule has 0 unspecified atom stereocenters. The highest BCUT2D eigenvalue weighted by Crippen LogP contribution is 2.42. The van der Waals surface area contributed by atoms with Crippen LogP contribution in [-0.2, 0) is 15.4 Å². The van der Waals surface area contributed by atoms with Crippen LogP contribution in [-0.4, -0.2) is 41.4 Å². The largest absolute Gasteiger partial charge is 0.496 e. The Hall–Kier alpha value is -1.31. The van der Waals surface area contributed by atoms with Crippen molar-refractivity contribution >= 4 is 42.4 Å². The predicted octanol–water partition coefficient (Wildman–Crippen LogP) is 4.28. The van der Waals surface area contributed by atoms with Crippen LogP contribution in [0.2, 0.25) is 0 Å². The monoisotopic (exact) mass is 468 g/mol. The highest BCUT2D eigenvalue weighted by atomic mass is 79.9. The number of sulfonamides is 1. The van der Waals surface area contributed by atoms with E-state index in [-0.39, 0.29) is 5.41 Å². The van der Waals surface area contributed by atoms with Crippen molar-refractivity contribution in [2.75, 3.05) is 37.9 Å². The van der Waals surface area contributed by atoms with Crippen molar-refractivity contribution in [1.29, 1.82) is 0 Å². The highest BCUT2D eigenvalue weighted by Gasteiger charge is 2.26. The summed E-state index contributed by atoms with van der Waals surface area (Å²) < 4.78 is 32.3. The molecular formula is C21H29BrN2O3S. The fourth-order valence-electron chi connectivity index (χ4n) is 3.82. The fourth-order valence-corrected chi connectivity index (χ4v) is 4.93. The Morgan fingerprint density at radius 1 is 1.25 bits per heavy atom. The van der Waals surface area contributed by atoms with Crippen LogP contribution >= 0.6 is 15.9 Å². The minimum atomic E-state index is -3.15. The molecule has 0 bridgehead atoms. The molecule has 0 radical (unpaired) electrons. The first-order valence-corrected chi connectivity index (χ1v) is 12.2. The van der Waals surface area contributed by atoms with Crippen LogP contribution in [0.3, 0.4) is 0 Å². The van der Waals surface area contributed by atoms with E-state index in [4.69, 9.17) is 4.74 Å². The van der Waals surface area contributed by atoms with E-state index in [1.165, 1.54) is 11.8 Å². The third-order valence-electron chi connectivity index (χ3n) is 5.32. The summed E-state index contributed by atoms with van der Waals surface area (Å²) in [6, 6.07) is 8.62. The average Bonchev–Trinajstić information content (AvgIpc) is 3.07. The number of hydrogen-bond donors (Lipinski definition) is 1. The standard InChI is InChI=1S/C21H29BrN2O3S/c1-21(2,3)18-11-19(22)16-7-6-15(10-17(16)20(18)27-4)24-9-8-14(13-24)12-23-28(5,25)26/h6-7,10-11,14,23H,8-9,12-13H2,1-5H3/t14-/m1/s1. The molecule has 0 amide bonds. The van der Waals surface area contributed by atoms with E-state index >= 15 is 0 Å². The van der Waals surface area contributed by atoms with Gasteiger partial charge in [-0.25, -0.2) is 13.1 Å². The minimum absolute atomic E-state index is 0.0336. The van der Waals surface area contributed by atoms with E-state index in [1.54, 1.807) is 7.11 Å². The Morgan fingerprint density at radius 2 is 1.96 bits per heavy atom. The van der Waals surface area contributed by atoms with E-state index in [1.807, 2.05) is 0 Å². The van der Waals surface area contributed by atoms with Crippen molar-refractivity contribution in [3.8, 4) is 5.75 Å². The van der Waals surface area contributed by atoms with E-state index in [0.29, 0.717) is 12.5 Å². The molecule has 1 heterocycles. The van der Waals surface area contributed by atoms with Crippen molar-refractivity contribution in [2.45, 2.75) is 32.6 Å². The van der Waals surface area contributed by atoms with Crippen molar-refractivity contribution in [3.63, 3.8) is 0 Å².